The molecular formula is C12H20N4O. The van der Waals surface area contributed by atoms with Crippen LogP contribution >= 0.6 is 0 Å². The van der Waals surface area contributed by atoms with E-state index in [4.69, 9.17) is 5.73 Å². The van der Waals surface area contributed by atoms with E-state index in [2.05, 4.69) is 22.1 Å². The third kappa shape index (κ3) is 5.18. The van der Waals surface area contributed by atoms with Crippen LogP contribution in [0.3, 0.4) is 0 Å². The third-order valence-electron chi connectivity index (χ3n) is 1.80. The van der Waals surface area contributed by atoms with E-state index in [-0.39, 0.29) is 11.5 Å². The molecule has 0 saturated carbocycles. The molecule has 0 radical (unpaired) electrons. The Labute approximate surface area is 102 Å². The zero-order valence-electron chi connectivity index (χ0n) is 10.9. The van der Waals surface area contributed by atoms with Gasteiger partial charge in [-0.3, -0.25) is 0 Å². The second-order valence-electron chi connectivity index (χ2n) is 3.02. The van der Waals surface area contributed by atoms with E-state index < -0.39 is 0 Å². The van der Waals surface area contributed by atoms with E-state index in [0.717, 1.165) is 6.54 Å². The van der Waals surface area contributed by atoms with Crippen LogP contribution in [-0.4, -0.2) is 22.6 Å². The van der Waals surface area contributed by atoms with Gasteiger partial charge in [-0.05, 0) is 6.54 Å². The summed E-state index contributed by atoms with van der Waals surface area (Å²) in [6.07, 6.45) is 1.59. The van der Waals surface area contributed by atoms with Crippen molar-refractivity contribution >= 4 is 5.82 Å². The van der Waals surface area contributed by atoms with Gasteiger partial charge in [0.2, 0.25) is 0 Å². The van der Waals surface area contributed by atoms with Crippen LogP contribution in [0.5, 0.6) is 0 Å². The summed E-state index contributed by atoms with van der Waals surface area (Å²) in [4.78, 5) is 14.7. The molecule has 0 aromatic carbocycles. The molecule has 1 heterocycles. The van der Waals surface area contributed by atoms with Crippen LogP contribution in [0.15, 0.2) is 11.0 Å². The van der Waals surface area contributed by atoms with Crippen LogP contribution in [0, 0.1) is 11.8 Å². The fraction of sp³-hybridized carbons (Fsp3) is 0.500. The summed E-state index contributed by atoms with van der Waals surface area (Å²) in [6.45, 7) is 7.47. The Hall–Kier alpha value is -1.80. The SMILES string of the molecule is CC.CCNCC#Cc1cn(C)c(=O)nc1N. The first-order valence-electron chi connectivity index (χ1n) is 5.68. The highest BCUT2D eigenvalue weighted by molar-refractivity contribution is 5.48. The minimum atomic E-state index is -0.371. The number of hydrogen-bond donors (Lipinski definition) is 2. The Morgan fingerprint density at radius 3 is 2.76 bits per heavy atom. The predicted octanol–water partition coefficient (Wildman–Crippen LogP) is 0.350. The Kier molecular flexibility index (Phi) is 7.48. The minimum Gasteiger partial charge on any atom is -0.382 e. The molecule has 0 aliphatic rings. The molecule has 0 atom stereocenters. The fourth-order valence-electron chi connectivity index (χ4n) is 0.980. The van der Waals surface area contributed by atoms with Gasteiger partial charge in [0.15, 0.2) is 0 Å². The number of rotatable bonds is 2. The molecule has 17 heavy (non-hydrogen) atoms. The van der Waals surface area contributed by atoms with Gasteiger partial charge in [0.1, 0.15) is 5.82 Å². The van der Waals surface area contributed by atoms with Crippen molar-refractivity contribution in [3.05, 3.63) is 22.2 Å². The third-order valence-corrected chi connectivity index (χ3v) is 1.80. The van der Waals surface area contributed by atoms with E-state index in [9.17, 15) is 4.79 Å². The van der Waals surface area contributed by atoms with Gasteiger partial charge in [0.25, 0.3) is 0 Å². The topological polar surface area (TPSA) is 72.9 Å². The van der Waals surface area contributed by atoms with Crippen molar-refractivity contribution in [3.63, 3.8) is 0 Å². The standard InChI is InChI=1S/C10H14N4O.C2H6/c1-3-12-6-4-5-8-7-14(2)10(15)13-9(8)11;1-2/h7,12H,3,6H2,1-2H3,(H2,11,13,15);1-2H3. The van der Waals surface area contributed by atoms with E-state index in [1.54, 1.807) is 13.2 Å². The molecule has 0 fully saturated rings. The van der Waals surface area contributed by atoms with Gasteiger partial charge >= 0.3 is 5.69 Å². The zero-order chi connectivity index (χ0) is 13.3. The highest BCUT2D eigenvalue weighted by atomic mass is 16.1. The average Bonchev–Trinajstić information content (AvgIpc) is 2.33. The van der Waals surface area contributed by atoms with E-state index >= 15 is 0 Å². The zero-order valence-corrected chi connectivity index (χ0v) is 10.9. The molecule has 0 bridgehead atoms. The number of nitrogen functional groups attached to an aromatic ring is 1. The largest absolute Gasteiger partial charge is 0.382 e. The number of anilines is 1. The summed E-state index contributed by atoms with van der Waals surface area (Å²) in [7, 11) is 1.62. The van der Waals surface area contributed by atoms with Crippen LogP contribution < -0.4 is 16.7 Å². The Balaban J connectivity index is 0.00000121. The quantitative estimate of drug-likeness (QED) is 0.574. The summed E-state index contributed by atoms with van der Waals surface area (Å²) in [5.74, 6) is 5.93. The summed E-state index contributed by atoms with van der Waals surface area (Å²) < 4.78 is 1.35. The van der Waals surface area contributed by atoms with E-state index in [0.29, 0.717) is 12.1 Å². The van der Waals surface area contributed by atoms with Gasteiger partial charge in [-0.2, -0.15) is 4.98 Å². The van der Waals surface area contributed by atoms with Crippen molar-refractivity contribution in [1.29, 1.82) is 0 Å². The number of nitrogens with one attached hydrogen (secondary N) is 1. The van der Waals surface area contributed by atoms with Crippen molar-refractivity contribution in [2.24, 2.45) is 7.05 Å². The predicted molar refractivity (Wildman–Crippen MR) is 70.7 cm³/mol. The van der Waals surface area contributed by atoms with Gasteiger partial charge in [0, 0.05) is 13.2 Å². The molecule has 1 aromatic heterocycles. The molecule has 0 aliphatic heterocycles. The van der Waals surface area contributed by atoms with Crippen molar-refractivity contribution < 1.29 is 0 Å². The highest BCUT2D eigenvalue weighted by Gasteiger charge is 1.99. The van der Waals surface area contributed by atoms with Crippen molar-refractivity contribution in [2.75, 3.05) is 18.8 Å². The normalized spacial score (nSPS) is 8.71. The monoisotopic (exact) mass is 236 g/mol. The molecule has 0 aliphatic carbocycles. The Morgan fingerprint density at radius 2 is 2.18 bits per heavy atom. The van der Waals surface area contributed by atoms with Crippen molar-refractivity contribution in [1.82, 2.24) is 14.9 Å². The number of nitrogens with zero attached hydrogens (tertiary/aromatic N) is 2. The first-order valence-corrected chi connectivity index (χ1v) is 5.68. The van der Waals surface area contributed by atoms with Gasteiger partial charge < -0.3 is 15.6 Å². The van der Waals surface area contributed by atoms with E-state index in [1.165, 1.54) is 4.57 Å². The van der Waals surface area contributed by atoms with Crippen LogP contribution in [0.1, 0.15) is 26.3 Å². The molecule has 0 spiro atoms. The Bertz CT molecular complexity index is 454. The van der Waals surface area contributed by atoms with Gasteiger partial charge in [-0.15, -0.1) is 0 Å². The number of hydrogen-bond acceptors (Lipinski definition) is 4. The Morgan fingerprint density at radius 1 is 1.53 bits per heavy atom. The molecule has 5 heteroatoms. The summed E-state index contributed by atoms with van der Waals surface area (Å²) in [6, 6.07) is 0. The lowest BCUT2D eigenvalue weighted by molar-refractivity contribution is 0.807. The van der Waals surface area contributed by atoms with Crippen molar-refractivity contribution in [2.45, 2.75) is 20.8 Å². The fourth-order valence-corrected chi connectivity index (χ4v) is 0.980. The molecule has 1 rings (SSSR count). The summed E-state index contributed by atoms with van der Waals surface area (Å²) >= 11 is 0. The molecule has 1 aromatic rings. The molecule has 0 amide bonds. The number of nitrogens with two attached hydrogens (primary N) is 1. The van der Waals surface area contributed by atoms with Crippen LogP contribution in [0.2, 0.25) is 0 Å². The first kappa shape index (κ1) is 15.2. The highest BCUT2D eigenvalue weighted by Crippen LogP contribution is 2.00. The lowest BCUT2D eigenvalue weighted by Gasteiger charge is -1.99. The van der Waals surface area contributed by atoms with Gasteiger partial charge in [-0.25, -0.2) is 4.79 Å². The van der Waals surface area contributed by atoms with Crippen LogP contribution in [-0.2, 0) is 7.05 Å². The molecule has 0 unspecified atom stereocenters. The molecule has 3 N–H and O–H groups in total. The lowest BCUT2D eigenvalue weighted by Crippen LogP contribution is -2.21. The summed E-state index contributed by atoms with van der Waals surface area (Å²) in [5, 5.41) is 3.06. The lowest BCUT2D eigenvalue weighted by atomic mass is 10.3. The minimum absolute atomic E-state index is 0.182. The van der Waals surface area contributed by atoms with E-state index in [1.807, 2.05) is 20.8 Å². The molecular weight excluding hydrogens is 216 g/mol. The summed E-state index contributed by atoms with van der Waals surface area (Å²) in [5.41, 5.74) is 5.77. The smallest absolute Gasteiger partial charge is 0.349 e. The maximum Gasteiger partial charge on any atom is 0.349 e. The maximum absolute atomic E-state index is 11.1. The first-order chi connectivity index (χ1) is 8.15. The molecule has 0 saturated heterocycles. The second kappa shape index (κ2) is 8.36. The van der Waals surface area contributed by atoms with Crippen molar-refractivity contribution in [3.8, 4) is 11.8 Å². The molecule has 94 valence electrons. The second-order valence-corrected chi connectivity index (χ2v) is 3.02. The van der Waals surface area contributed by atoms with Gasteiger partial charge in [-0.1, -0.05) is 32.6 Å². The van der Waals surface area contributed by atoms with Gasteiger partial charge in [0.05, 0.1) is 12.1 Å². The average molecular weight is 236 g/mol. The number of aromatic nitrogens is 2. The molecule has 5 nitrogen and oxygen atoms in total. The van der Waals surface area contributed by atoms with Crippen LogP contribution in [0.4, 0.5) is 5.82 Å². The maximum atomic E-state index is 11.1. The van der Waals surface area contributed by atoms with Crippen LogP contribution in [0.25, 0.3) is 0 Å². The number of aryl methyl sites for hydroxylation is 1.